The highest BCUT2D eigenvalue weighted by molar-refractivity contribution is 5.83. The van der Waals surface area contributed by atoms with Crippen molar-refractivity contribution in [1.29, 1.82) is 0 Å². The number of nitrogens with one attached hydrogen (secondary N) is 1. The van der Waals surface area contributed by atoms with Crippen LogP contribution in [-0.4, -0.2) is 30.6 Å². The van der Waals surface area contributed by atoms with E-state index in [0.717, 1.165) is 17.8 Å². The SMILES string of the molecule is C[C@@H](O)c1ccccc1N1CCNC(=O)C1. The van der Waals surface area contributed by atoms with Crippen LogP contribution in [-0.2, 0) is 4.79 Å². The number of hydrogen-bond donors (Lipinski definition) is 2. The van der Waals surface area contributed by atoms with E-state index in [1.807, 2.05) is 29.2 Å². The summed E-state index contributed by atoms with van der Waals surface area (Å²) in [5.74, 6) is 0.0339. The summed E-state index contributed by atoms with van der Waals surface area (Å²) in [6.45, 7) is 3.55. The number of amides is 1. The van der Waals surface area contributed by atoms with Crippen molar-refractivity contribution in [3.05, 3.63) is 29.8 Å². The predicted molar refractivity (Wildman–Crippen MR) is 62.3 cm³/mol. The van der Waals surface area contributed by atoms with Crippen molar-refractivity contribution >= 4 is 11.6 Å². The molecule has 1 heterocycles. The second-order valence-electron chi connectivity index (χ2n) is 4.01. The van der Waals surface area contributed by atoms with E-state index in [1.54, 1.807) is 6.92 Å². The van der Waals surface area contributed by atoms with Crippen molar-refractivity contribution in [2.75, 3.05) is 24.5 Å². The van der Waals surface area contributed by atoms with Crippen LogP contribution in [0.4, 0.5) is 5.69 Å². The molecule has 1 aliphatic rings. The molecule has 0 radical (unpaired) electrons. The summed E-state index contributed by atoms with van der Waals surface area (Å²) < 4.78 is 0. The molecule has 1 aromatic rings. The monoisotopic (exact) mass is 220 g/mol. The molecular weight excluding hydrogens is 204 g/mol. The van der Waals surface area contributed by atoms with E-state index in [1.165, 1.54) is 0 Å². The molecule has 16 heavy (non-hydrogen) atoms. The summed E-state index contributed by atoms with van der Waals surface area (Å²) in [5.41, 5.74) is 1.82. The lowest BCUT2D eigenvalue weighted by atomic mass is 10.1. The van der Waals surface area contributed by atoms with Gasteiger partial charge in [0.2, 0.25) is 5.91 Å². The smallest absolute Gasteiger partial charge is 0.239 e. The fraction of sp³-hybridized carbons (Fsp3) is 0.417. The Morgan fingerprint density at radius 1 is 1.44 bits per heavy atom. The Bertz CT molecular complexity index is 390. The number of rotatable bonds is 2. The normalized spacial score (nSPS) is 18.1. The van der Waals surface area contributed by atoms with Crippen LogP contribution in [0.2, 0.25) is 0 Å². The van der Waals surface area contributed by atoms with Crippen LogP contribution in [0, 0.1) is 0 Å². The van der Waals surface area contributed by atoms with Crippen molar-refractivity contribution in [1.82, 2.24) is 5.32 Å². The van der Waals surface area contributed by atoms with Crippen LogP contribution in [0.25, 0.3) is 0 Å². The molecule has 0 saturated carbocycles. The Morgan fingerprint density at radius 3 is 2.88 bits per heavy atom. The van der Waals surface area contributed by atoms with Crippen LogP contribution in [0.5, 0.6) is 0 Å². The molecule has 1 saturated heterocycles. The van der Waals surface area contributed by atoms with Gasteiger partial charge in [0.1, 0.15) is 0 Å². The fourth-order valence-electron chi connectivity index (χ4n) is 1.97. The van der Waals surface area contributed by atoms with Crippen molar-refractivity contribution in [3.8, 4) is 0 Å². The van der Waals surface area contributed by atoms with E-state index >= 15 is 0 Å². The molecule has 4 heteroatoms. The minimum absolute atomic E-state index is 0.0339. The molecule has 1 aromatic carbocycles. The molecule has 2 N–H and O–H groups in total. The maximum Gasteiger partial charge on any atom is 0.239 e. The first-order chi connectivity index (χ1) is 7.68. The Morgan fingerprint density at radius 2 is 2.19 bits per heavy atom. The van der Waals surface area contributed by atoms with Gasteiger partial charge in [0.15, 0.2) is 0 Å². The Balaban J connectivity index is 2.28. The topological polar surface area (TPSA) is 52.6 Å². The average molecular weight is 220 g/mol. The van der Waals surface area contributed by atoms with Gasteiger partial charge in [-0.25, -0.2) is 0 Å². The summed E-state index contributed by atoms with van der Waals surface area (Å²) in [4.78, 5) is 13.3. The van der Waals surface area contributed by atoms with E-state index in [4.69, 9.17) is 0 Å². The largest absolute Gasteiger partial charge is 0.389 e. The summed E-state index contributed by atoms with van der Waals surface area (Å²) in [5, 5.41) is 12.5. The highest BCUT2D eigenvalue weighted by atomic mass is 16.3. The van der Waals surface area contributed by atoms with Gasteiger partial charge in [-0.05, 0) is 13.0 Å². The zero-order valence-electron chi connectivity index (χ0n) is 9.31. The lowest BCUT2D eigenvalue weighted by molar-refractivity contribution is -0.120. The second kappa shape index (κ2) is 4.53. The van der Waals surface area contributed by atoms with Crippen molar-refractivity contribution in [3.63, 3.8) is 0 Å². The number of aliphatic hydroxyl groups excluding tert-OH is 1. The molecule has 1 atom stereocenters. The third-order valence-corrected chi connectivity index (χ3v) is 2.77. The first-order valence-corrected chi connectivity index (χ1v) is 5.47. The summed E-state index contributed by atoms with van der Waals surface area (Å²) in [6, 6.07) is 7.66. The highest BCUT2D eigenvalue weighted by Crippen LogP contribution is 2.26. The number of piperazine rings is 1. The van der Waals surface area contributed by atoms with Gasteiger partial charge in [-0.1, -0.05) is 18.2 Å². The molecule has 0 unspecified atom stereocenters. The molecule has 86 valence electrons. The minimum atomic E-state index is -0.513. The van der Waals surface area contributed by atoms with E-state index in [0.29, 0.717) is 13.1 Å². The van der Waals surface area contributed by atoms with Crippen LogP contribution in [0.1, 0.15) is 18.6 Å². The Kier molecular flexibility index (Phi) is 3.10. The zero-order valence-corrected chi connectivity index (χ0v) is 9.31. The van der Waals surface area contributed by atoms with Gasteiger partial charge < -0.3 is 15.3 Å². The number of hydrogen-bond acceptors (Lipinski definition) is 3. The lowest BCUT2D eigenvalue weighted by Gasteiger charge is -2.30. The predicted octanol–water partition coefficient (Wildman–Crippen LogP) is 0.676. The number of carbonyl (C=O) groups excluding carboxylic acids is 1. The molecule has 1 fully saturated rings. The van der Waals surface area contributed by atoms with Gasteiger partial charge in [0, 0.05) is 24.3 Å². The maximum absolute atomic E-state index is 11.3. The Hall–Kier alpha value is -1.55. The van der Waals surface area contributed by atoms with Crippen LogP contribution >= 0.6 is 0 Å². The highest BCUT2D eigenvalue weighted by Gasteiger charge is 2.19. The summed E-state index contributed by atoms with van der Waals surface area (Å²) >= 11 is 0. The number of para-hydroxylation sites is 1. The molecule has 0 aliphatic carbocycles. The van der Waals surface area contributed by atoms with Gasteiger partial charge in [-0.2, -0.15) is 0 Å². The quantitative estimate of drug-likeness (QED) is 0.770. The fourth-order valence-corrected chi connectivity index (χ4v) is 1.97. The number of benzene rings is 1. The standard InChI is InChI=1S/C12H16N2O2/c1-9(15)10-4-2-3-5-11(10)14-7-6-13-12(16)8-14/h2-5,9,15H,6-8H2,1H3,(H,13,16)/t9-/m1/s1. The van der Waals surface area contributed by atoms with Gasteiger partial charge in [0.05, 0.1) is 12.6 Å². The zero-order chi connectivity index (χ0) is 11.5. The Labute approximate surface area is 94.9 Å². The molecule has 0 aromatic heterocycles. The summed E-state index contributed by atoms with van der Waals surface area (Å²) in [7, 11) is 0. The van der Waals surface area contributed by atoms with Crippen molar-refractivity contribution in [2.24, 2.45) is 0 Å². The number of anilines is 1. The van der Waals surface area contributed by atoms with Crippen molar-refractivity contribution < 1.29 is 9.90 Å². The molecule has 0 spiro atoms. The second-order valence-corrected chi connectivity index (χ2v) is 4.01. The van der Waals surface area contributed by atoms with E-state index < -0.39 is 6.10 Å². The van der Waals surface area contributed by atoms with Gasteiger partial charge in [-0.3, -0.25) is 4.79 Å². The van der Waals surface area contributed by atoms with E-state index in [2.05, 4.69) is 5.32 Å². The third kappa shape index (κ3) is 2.17. The van der Waals surface area contributed by atoms with Crippen LogP contribution in [0.15, 0.2) is 24.3 Å². The first-order valence-electron chi connectivity index (χ1n) is 5.47. The number of carbonyl (C=O) groups is 1. The molecule has 0 bridgehead atoms. The lowest BCUT2D eigenvalue weighted by Crippen LogP contribution is -2.48. The van der Waals surface area contributed by atoms with Crippen LogP contribution < -0.4 is 10.2 Å². The average Bonchev–Trinajstić information content (AvgIpc) is 2.29. The number of nitrogens with zero attached hydrogens (tertiary/aromatic N) is 1. The maximum atomic E-state index is 11.3. The van der Waals surface area contributed by atoms with Gasteiger partial charge >= 0.3 is 0 Å². The summed E-state index contributed by atoms with van der Waals surface area (Å²) in [6.07, 6.45) is -0.513. The van der Waals surface area contributed by atoms with Crippen molar-refractivity contribution in [2.45, 2.75) is 13.0 Å². The molecule has 2 rings (SSSR count). The molecular formula is C12H16N2O2. The van der Waals surface area contributed by atoms with Crippen LogP contribution in [0.3, 0.4) is 0 Å². The molecule has 4 nitrogen and oxygen atoms in total. The molecule has 1 aliphatic heterocycles. The van der Waals surface area contributed by atoms with Gasteiger partial charge in [0.25, 0.3) is 0 Å². The third-order valence-electron chi connectivity index (χ3n) is 2.77. The minimum Gasteiger partial charge on any atom is -0.389 e. The van der Waals surface area contributed by atoms with E-state index in [9.17, 15) is 9.90 Å². The molecule has 1 amide bonds. The first kappa shape index (κ1) is 11.0. The number of aliphatic hydroxyl groups is 1. The van der Waals surface area contributed by atoms with Gasteiger partial charge in [-0.15, -0.1) is 0 Å². The van der Waals surface area contributed by atoms with E-state index in [-0.39, 0.29) is 5.91 Å².